The molecule has 0 radical (unpaired) electrons. The smallest absolute Gasteiger partial charge is 0.248 e. The average molecular weight is 325 g/mol. The molecule has 1 aromatic heterocycles. The summed E-state index contributed by atoms with van der Waals surface area (Å²) in [5.74, 6) is 0.929. The molecule has 110 valence electrons. The molecule has 0 spiro atoms. The fraction of sp³-hybridized carbons (Fsp3) is 0. The van der Waals surface area contributed by atoms with Crippen molar-refractivity contribution in [2.45, 2.75) is 0 Å². The maximum absolute atomic E-state index is 5.64. The average Bonchev–Trinajstić information content (AvgIpc) is 2.90. The van der Waals surface area contributed by atoms with E-state index < -0.39 is 0 Å². The minimum absolute atomic E-state index is 0. The molecular formula is C14H14Cl2N4O. The maximum Gasteiger partial charge on any atom is 0.248 e. The number of nitrogen functional groups attached to an aromatic ring is 2. The Labute approximate surface area is 134 Å². The summed E-state index contributed by atoms with van der Waals surface area (Å²) < 4.78 is 5.63. The largest absolute Gasteiger partial charge is 0.416 e. The van der Waals surface area contributed by atoms with Crippen molar-refractivity contribution in [1.29, 1.82) is 0 Å². The minimum atomic E-state index is 0. The van der Waals surface area contributed by atoms with E-state index in [1.165, 1.54) is 0 Å². The van der Waals surface area contributed by atoms with Crippen molar-refractivity contribution in [2.24, 2.45) is 0 Å². The van der Waals surface area contributed by atoms with Crippen molar-refractivity contribution in [3.63, 3.8) is 0 Å². The second kappa shape index (κ2) is 6.97. The van der Waals surface area contributed by atoms with Crippen LogP contribution in [0.15, 0.2) is 52.9 Å². The van der Waals surface area contributed by atoms with E-state index in [0.29, 0.717) is 23.2 Å². The Kier molecular flexibility index (Phi) is 5.58. The third-order valence-corrected chi connectivity index (χ3v) is 2.74. The van der Waals surface area contributed by atoms with Crippen LogP contribution in [0.1, 0.15) is 0 Å². The van der Waals surface area contributed by atoms with Crippen LogP contribution in [0.3, 0.4) is 0 Å². The van der Waals surface area contributed by atoms with Crippen molar-refractivity contribution in [3.05, 3.63) is 48.5 Å². The van der Waals surface area contributed by atoms with Crippen LogP contribution < -0.4 is 11.5 Å². The lowest BCUT2D eigenvalue weighted by Gasteiger charge is -1.96. The fourth-order valence-corrected chi connectivity index (χ4v) is 1.71. The number of nitrogens with zero attached hydrogens (tertiary/aromatic N) is 2. The van der Waals surface area contributed by atoms with Gasteiger partial charge in [-0.1, -0.05) is 0 Å². The molecule has 0 saturated heterocycles. The van der Waals surface area contributed by atoms with Crippen LogP contribution in [-0.4, -0.2) is 10.2 Å². The summed E-state index contributed by atoms with van der Waals surface area (Å²) in [5.41, 5.74) is 14.3. The predicted octanol–water partition coefficient (Wildman–Crippen LogP) is 3.41. The molecule has 21 heavy (non-hydrogen) atoms. The molecule has 0 bridgehead atoms. The van der Waals surface area contributed by atoms with Gasteiger partial charge in [-0.15, -0.1) is 35.0 Å². The van der Waals surface area contributed by atoms with Gasteiger partial charge in [0.25, 0.3) is 0 Å². The summed E-state index contributed by atoms with van der Waals surface area (Å²) in [6.07, 6.45) is 0. The van der Waals surface area contributed by atoms with Gasteiger partial charge in [-0.25, -0.2) is 0 Å². The number of rotatable bonds is 2. The number of benzene rings is 2. The van der Waals surface area contributed by atoms with Gasteiger partial charge >= 0.3 is 0 Å². The Morgan fingerprint density at radius 2 is 0.952 bits per heavy atom. The molecule has 2 aromatic carbocycles. The second-order valence-corrected chi connectivity index (χ2v) is 4.16. The quantitative estimate of drug-likeness (QED) is 0.705. The van der Waals surface area contributed by atoms with Crippen LogP contribution >= 0.6 is 24.8 Å². The molecule has 3 aromatic rings. The first kappa shape index (κ1) is 16.8. The van der Waals surface area contributed by atoms with Gasteiger partial charge in [-0.05, 0) is 48.5 Å². The highest BCUT2D eigenvalue weighted by Gasteiger charge is 2.09. The Bertz CT molecular complexity index is 636. The molecule has 0 fully saturated rings. The molecular weight excluding hydrogens is 311 g/mol. The van der Waals surface area contributed by atoms with Crippen molar-refractivity contribution < 1.29 is 4.42 Å². The molecule has 0 saturated carbocycles. The van der Waals surface area contributed by atoms with Gasteiger partial charge in [0.2, 0.25) is 11.8 Å². The third-order valence-electron chi connectivity index (χ3n) is 2.74. The van der Waals surface area contributed by atoms with Gasteiger partial charge in [0.15, 0.2) is 0 Å². The van der Waals surface area contributed by atoms with Gasteiger partial charge in [-0.2, -0.15) is 0 Å². The van der Waals surface area contributed by atoms with E-state index in [9.17, 15) is 0 Å². The molecule has 1 heterocycles. The molecule has 4 N–H and O–H groups in total. The first-order valence-electron chi connectivity index (χ1n) is 5.78. The highest BCUT2D eigenvalue weighted by molar-refractivity contribution is 5.85. The molecule has 7 heteroatoms. The normalized spacial score (nSPS) is 9.52. The molecule has 3 rings (SSSR count). The Balaban J connectivity index is 0.00000110. The zero-order valence-corrected chi connectivity index (χ0v) is 12.5. The lowest BCUT2D eigenvalue weighted by atomic mass is 10.2. The van der Waals surface area contributed by atoms with E-state index in [4.69, 9.17) is 15.9 Å². The van der Waals surface area contributed by atoms with Gasteiger partial charge in [0.05, 0.1) is 0 Å². The number of anilines is 2. The Hall–Kier alpha value is -2.24. The second-order valence-electron chi connectivity index (χ2n) is 4.16. The third kappa shape index (κ3) is 3.65. The van der Waals surface area contributed by atoms with Crippen LogP contribution in [0.25, 0.3) is 22.9 Å². The van der Waals surface area contributed by atoms with Crippen LogP contribution in [0, 0.1) is 0 Å². The summed E-state index contributed by atoms with van der Waals surface area (Å²) in [7, 11) is 0. The van der Waals surface area contributed by atoms with Gasteiger partial charge < -0.3 is 15.9 Å². The summed E-state index contributed by atoms with van der Waals surface area (Å²) in [6.45, 7) is 0. The van der Waals surface area contributed by atoms with Gasteiger partial charge in [0.1, 0.15) is 0 Å². The zero-order chi connectivity index (χ0) is 13.2. The van der Waals surface area contributed by atoms with Crippen molar-refractivity contribution >= 4 is 36.2 Å². The first-order chi connectivity index (χ1) is 9.22. The first-order valence-corrected chi connectivity index (χ1v) is 5.78. The number of aromatic nitrogens is 2. The molecule has 0 unspecified atom stereocenters. The van der Waals surface area contributed by atoms with Crippen LogP contribution in [0.2, 0.25) is 0 Å². The van der Waals surface area contributed by atoms with E-state index in [1.54, 1.807) is 24.3 Å². The van der Waals surface area contributed by atoms with E-state index >= 15 is 0 Å². The van der Waals surface area contributed by atoms with E-state index in [0.717, 1.165) is 11.1 Å². The summed E-state index contributed by atoms with van der Waals surface area (Å²) in [5, 5.41) is 8.05. The molecule has 0 aliphatic heterocycles. The standard InChI is InChI=1S/C14H12N4O.2ClH/c15-11-5-1-9(2-6-11)13-17-18-14(19-13)10-3-7-12(16)8-4-10;;/h1-8H,15-16H2;2*1H. The molecule has 0 aliphatic rings. The predicted molar refractivity (Wildman–Crippen MR) is 88.5 cm³/mol. The van der Waals surface area contributed by atoms with E-state index in [-0.39, 0.29) is 24.8 Å². The minimum Gasteiger partial charge on any atom is -0.416 e. The lowest BCUT2D eigenvalue weighted by Crippen LogP contribution is -1.83. The van der Waals surface area contributed by atoms with E-state index in [1.807, 2.05) is 24.3 Å². The number of hydrogen-bond donors (Lipinski definition) is 2. The monoisotopic (exact) mass is 324 g/mol. The van der Waals surface area contributed by atoms with Crippen LogP contribution in [0.5, 0.6) is 0 Å². The number of nitrogens with two attached hydrogens (primary N) is 2. The van der Waals surface area contributed by atoms with Crippen molar-refractivity contribution in [2.75, 3.05) is 11.5 Å². The SMILES string of the molecule is Cl.Cl.Nc1ccc(-c2nnc(-c3ccc(N)cc3)o2)cc1. The topological polar surface area (TPSA) is 91.0 Å². The van der Waals surface area contributed by atoms with Crippen LogP contribution in [0.4, 0.5) is 11.4 Å². The summed E-state index contributed by atoms with van der Waals surface area (Å²) >= 11 is 0. The number of hydrogen-bond acceptors (Lipinski definition) is 5. The highest BCUT2D eigenvalue weighted by atomic mass is 35.5. The number of halogens is 2. The highest BCUT2D eigenvalue weighted by Crippen LogP contribution is 2.24. The molecule has 0 aliphatic carbocycles. The fourth-order valence-electron chi connectivity index (χ4n) is 1.71. The molecule has 0 atom stereocenters. The van der Waals surface area contributed by atoms with Crippen molar-refractivity contribution in [3.8, 4) is 22.9 Å². The Morgan fingerprint density at radius 1 is 0.619 bits per heavy atom. The summed E-state index contributed by atoms with van der Waals surface area (Å²) in [4.78, 5) is 0. The van der Waals surface area contributed by atoms with Gasteiger partial charge in [-0.3, -0.25) is 0 Å². The molecule has 5 nitrogen and oxygen atoms in total. The molecule has 0 amide bonds. The lowest BCUT2D eigenvalue weighted by molar-refractivity contribution is 0.584. The Morgan fingerprint density at radius 3 is 1.29 bits per heavy atom. The van der Waals surface area contributed by atoms with Gasteiger partial charge in [0, 0.05) is 22.5 Å². The maximum atomic E-state index is 5.64. The van der Waals surface area contributed by atoms with E-state index in [2.05, 4.69) is 10.2 Å². The zero-order valence-electron chi connectivity index (χ0n) is 10.9. The van der Waals surface area contributed by atoms with Crippen LogP contribution in [-0.2, 0) is 0 Å². The van der Waals surface area contributed by atoms with Crippen molar-refractivity contribution in [1.82, 2.24) is 10.2 Å². The summed E-state index contributed by atoms with van der Waals surface area (Å²) in [6, 6.07) is 14.5.